The van der Waals surface area contributed by atoms with E-state index in [9.17, 15) is 9.90 Å². The third kappa shape index (κ3) is 4.84. The molecule has 0 saturated heterocycles. The van der Waals surface area contributed by atoms with E-state index in [1.807, 2.05) is 78.9 Å². The van der Waals surface area contributed by atoms with Crippen LogP contribution in [0.2, 0.25) is 0 Å². The van der Waals surface area contributed by atoms with Crippen LogP contribution in [0.15, 0.2) is 140 Å². The van der Waals surface area contributed by atoms with E-state index in [-0.39, 0.29) is 6.61 Å². The summed E-state index contributed by atoms with van der Waals surface area (Å²) in [6.45, 7) is 0.205. The lowest BCUT2D eigenvalue weighted by Crippen LogP contribution is -2.56. The van der Waals surface area contributed by atoms with E-state index in [0.29, 0.717) is 6.42 Å². The van der Waals surface area contributed by atoms with Gasteiger partial charge < -0.3 is 9.84 Å². The van der Waals surface area contributed by atoms with Gasteiger partial charge in [-0.2, -0.15) is 0 Å². The Morgan fingerprint density at radius 2 is 1.12 bits per heavy atom. The molecule has 0 unspecified atom stereocenters. The van der Waals surface area contributed by atoms with E-state index >= 15 is 0 Å². The number of carbonyl (C=O) groups is 1. The van der Waals surface area contributed by atoms with Gasteiger partial charge >= 0.3 is 5.97 Å². The summed E-state index contributed by atoms with van der Waals surface area (Å²) in [6.07, 6.45) is -0.619. The van der Waals surface area contributed by atoms with Gasteiger partial charge in [-0.1, -0.05) is 140 Å². The minimum absolute atomic E-state index is 0.205. The Morgan fingerprint density at radius 3 is 1.68 bits per heavy atom. The van der Waals surface area contributed by atoms with Crippen LogP contribution in [0.5, 0.6) is 0 Å². The summed E-state index contributed by atoms with van der Waals surface area (Å²) in [5, 5.41) is 14.5. The number of carboxylic acid groups (broad SMARTS) is 1. The fraction of sp³-hybridized carbons (Fsp3) is 0.139. The van der Waals surface area contributed by atoms with Gasteiger partial charge in [-0.05, 0) is 45.4 Å². The molecule has 0 aliphatic heterocycles. The highest BCUT2D eigenvalue weighted by molar-refractivity contribution is 5.83. The predicted molar refractivity (Wildman–Crippen MR) is 158 cm³/mol. The van der Waals surface area contributed by atoms with Crippen LogP contribution in [-0.4, -0.2) is 23.2 Å². The molecular formula is C36H31NO3. The summed E-state index contributed by atoms with van der Waals surface area (Å²) >= 11 is 0. The minimum Gasteiger partial charge on any atom is -0.479 e. The van der Waals surface area contributed by atoms with Crippen molar-refractivity contribution in [2.75, 3.05) is 0 Å². The zero-order valence-electron chi connectivity index (χ0n) is 22.1. The number of benzene rings is 5. The van der Waals surface area contributed by atoms with E-state index < -0.39 is 23.7 Å². The molecule has 5 aromatic rings. The quantitative estimate of drug-likeness (QED) is 0.210. The molecule has 2 N–H and O–H groups in total. The molecule has 1 aliphatic rings. The lowest BCUT2D eigenvalue weighted by atomic mass is 9.79. The Labute approximate surface area is 234 Å². The van der Waals surface area contributed by atoms with E-state index in [0.717, 1.165) is 38.9 Å². The van der Waals surface area contributed by atoms with Gasteiger partial charge in [-0.3, -0.25) is 5.32 Å². The first-order chi connectivity index (χ1) is 19.7. The first-order valence-corrected chi connectivity index (χ1v) is 13.6. The molecule has 198 valence electrons. The normalized spacial score (nSPS) is 14.6. The van der Waals surface area contributed by atoms with E-state index in [1.165, 1.54) is 0 Å². The van der Waals surface area contributed by atoms with Crippen molar-refractivity contribution in [2.45, 2.75) is 30.7 Å². The average molecular weight is 526 g/mol. The monoisotopic (exact) mass is 525 g/mol. The molecule has 0 radical (unpaired) electrons. The third-order valence-electron chi connectivity index (χ3n) is 7.74. The zero-order chi connectivity index (χ0) is 27.4. The summed E-state index contributed by atoms with van der Waals surface area (Å²) in [7, 11) is 0. The van der Waals surface area contributed by atoms with Crippen LogP contribution in [0.3, 0.4) is 0 Å². The SMILES string of the molecule is O=C(O)[C@@H](OCc1ccccc1)[C@@H](Cc1ccccc1)NC1(c2ccccc2)c2ccccc2-c2ccccc21. The molecule has 0 aromatic heterocycles. The van der Waals surface area contributed by atoms with Crippen molar-refractivity contribution in [2.24, 2.45) is 0 Å². The number of ether oxygens (including phenoxy) is 1. The standard InChI is InChI=1S/C36H31NO3/c38-35(39)34(40-25-27-16-6-2-7-17-27)33(24-26-14-4-1-5-15-26)37-36(28-18-8-3-9-19-28)31-22-12-10-20-29(31)30-21-11-13-23-32(30)36/h1-23,33-34,37H,24-25H2,(H,38,39)/t33-,34+/m1/s1. The number of hydrogen-bond donors (Lipinski definition) is 2. The Bertz CT molecular complexity index is 1540. The molecule has 0 amide bonds. The van der Waals surface area contributed by atoms with Crippen LogP contribution in [0, 0.1) is 0 Å². The van der Waals surface area contributed by atoms with Crippen LogP contribution < -0.4 is 5.32 Å². The van der Waals surface area contributed by atoms with Crippen molar-refractivity contribution >= 4 is 5.97 Å². The fourth-order valence-electron chi connectivity index (χ4n) is 5.97. The van der Waals surface area contributed by atoms with Crippen molar-refractivity contribution in [3.8, 4) is 11.1 Å². The van der Waals surface area contributed by atoms with Crippen LogP contribution in [0.25, 0.3) is 11.1 Å². The summed E-state index contributed by atoms with van der Waals surface area (Å²) in [5.74, 6) is -0.993. The molecule has 4 nitrogen and oxygen atoms in total. The lowest BCUT2D eigenvalue weighted by molar-refractivity contribution is -0.153. The minimum atomic E-state index is -1.10. The highest BCUT2D eigenvalue weighted by Gasteiger charge is 2.47. The maximum absolute atomic E-state index is 12.9. The van der Waals surface area contributed by atoms with Gasteiger partial charge in [0.15, 0.2) is 6.10 Å². The van der Waals surface area contributed by atoms with Gasteiger partial charge in [0.2, 0.25) is 0 Å². The van der Waals surface area contributed by atoms with Gasteiger partial charge in [-0.25, -0.2) is 4.79 Å². The van der Waals surface area contributed by atoms with Gasteiger partial charge in [0.25, 0.3) is 0 Å². The molecular weight excluding hydrogens is 494 g/mol. The summed E-state index contributed by atoms with van der Waals surface area (Å²) < 4.78 is 6.23. The van der Waals surface area contributed by atoms with E-state index in [1.54, 1.807) is 0 Å². The molecule has 40 heavy (non-hydrogen) atoms. The Hall–Kier alpha value is -4.51. The molecule has 0 spiro atoms. The van der Waals surface area contributed by atoms with Crippen molar-refractivity contribution in [3.63, 3.8) is 0 Å². The smallest absolute Gasteiger partial charge is 0.334 e. The Balaban J connectivity index is 1.49. The third-order valence-corrected chi connectivity index (χ3v) is 7.74. The number of hydrogen-bond acceptors (Lipinski definition) is 3. The molecule has 2 atom stereocenters. The highest BCUT2D eigenvalue weighted by atomic mass is 16.5. The lowest BCUT2D eigenvalue weighted by Gasteiger charge is -2.39. The summed E-state index contributed by atoms with van der Waals surface area (Å²) in [4.78, 5) is 12.9. The second kappa shape index (κ2) is 11.3. The van der Waals surface area contributed by atoms with Gasteiger partial charge in [0.05, 0.1) is 12.1 Å². The maximum atomic E-state index is 12.9. The fourth-order valence-corrected chi connectivity index (χ4v) is 5.97. The molecule has 0 fully saturated rings. The van der Waals surface area contributed by atoms with Crippen LogP contribution in [0.1, 0.15) is 27.8 Å². The van der Waals surface area contributed by atoms with Crippen molar-refractivity contribution in [3.05, 3.63) is 167 Å². The molecule has 0 heterocycles. The average Bonchev–Trinajstić information content (AvgIpc) is 3.29. The molecule has 6 rings (SSSR count). The molecule has 0 bridgehead atoms. The second-order valence-corrected chi connectivity index (χ2v) is 10.2. The topological polar surface area (TPSA) is 58.6 Å². The summed E-state index contributed by atoms with van der Waals surface area (Å²) in [6, 6.07) is 46.3. The van der Waals surface area contributed by atoms with Crippen LogP contribution >= 0.6 is 0 Å². The molecule has 5 aromatic carbocycles. The van der Waals surface area contributed by atoms with Gasteiger partial charge in [0, 0.05) is 6.04 Å². The highest BCUT2D eigenvalue weighted by Crippen LogP contribution is 2.51. The Morgan fingerprint density at radius 1 is 0.650 bits per heavy atom. The molecule has 4 heteroatoms. The van der Waals surface area contributed by atoms with Crippen molar-refractivity contribution in [1.29, 1.82) is 0 Å². The van der Waals surface area contributed by atoms with Crippen LogP contribution in [0.4, 0.5) is 0 Å². The summed E-state index contributed by atoms with van der Waals surface area (Å²) in [5.41, 5.74) is 6.75. The van der Waals surface area contributed by atoms with Crippen molar-refractivity contribution < 1.29 is 14.6 Å². The first-order valence-electron chi connectivity index (χ1n) is 13.6. The zero-order valence-corrected chi connectivity index (χ0v) is 22.1. The number of fused-ring (bicyclic) bond motifs is 3. The number of nitrogens with one attached hydrogen (secondary N) is 1. The number of aliphatic carboxylic acids is 1. The van der Waals surface area contributed by atoms with Gasteiger partial charge in [-0.15, -0.1) is 0 Å². The number of carboxylic acids is 1. The van der Waals surface area contributed by atoms with E-state index in [4.69, 9.17) is 4.74 Å². The largest absolute Gasteiger partial charge is 0.479 e. The van der Waals surface area contributed by atoms with E-state index in [2.05, 4.69) is 66.0 Å². The van der Waals surface area contributed by atoms with Crippen LogP contribution in [-0.2, 0) is 28.1 Å². The first kappa shape index (κ1) is 25.8. The second-order valence-electron chi connectivity index (χ2n) is 10.2. The Kier molecular flexibility index (Phi) is 7.28. The maximum Gasteiger partial charge on any atom is 0.334 e. The van der Waals surface area contributed by atoms with Gasteiger partial charge in [0.1, 0.15) is 0 Å². The molecule has 0 saturated carbocycles. The van der Waals surface area contributed by atoms with Crippen molar-refractivity contribution in [1.82, 2.24) is 5.32 Å². The molecule has 1 aliphatic carbocycles. The number of rotatable bonds is 10. The predicted octanol–water partition coefficient (Wildman–Crippen LogP) is 6.83.